The first kappa shape index (κ1) is 27.3. The van der Waals surface area contributed by atoms with E-state index < -0.39 is 11.9 Å². The van der Waals surface area contributed by atoms with E-state index in [0.717, 1.165) is 50.5 Å². The molecular weight excluding hydrogens is 469 g/mol. The maximum atomic E-state index is 15.2. The molecule has 0 fully saturated rings. The predicted octanol–water partition coefficient (Wildman–Crippen LogP) is 10.6. The van der Waals surface area contributed by atoms with E-state index in [-0.39, 0.29) is 11.3 Å². The molecule has 3 aromatic rings. The molecule has 0 N–H and O–H groups in total. The Balaban J connectivity index is 1.51. The highest BCUT2D eigenvalue weighted by Crippen LogP contribution is 2.49. The van der Waals surface area contributed by atoms with E-state index in [4.69, 9.17) is 4.74 Å². The lowest BCUT2D eigenvalue weighted by atomic mass is 9.90. The molecule has 0 saturated heterocycles. The summed E-state index contributed by atoms with van der Waals surface area (Å²) in [5.41, 5.74) is 3.77. The Morgan fingerprint density at radius 3 is 1.92 bits per heavy atom. The van der Waals surface area contributed by atoms with Crippen LogP contribution in [-0.4, -0.2) is 0 Å². The Morgan fingerprint density at radius 2 is 1.24 bits per heavy atom. The highest BCUT2D eigenvalue weighted by molar-refractivity contribution is 5.80. The van der Waals surface area contributed by atoms with Gasteiger partial charge in [-0.2, -0.15) is 8.78 Å². The first-order valence-corrected chi connectivity index (χ1v) is 14.1. The fourth-order valence-corrected chi connectivity index (χ4v) is 5.20. The maximum absolute atomic E-state index is 15.2. The third-order valence-corrected chi connectivity index (χ3v) is 7.44. The van der Waals surface area contributed by atoms with Crippen LogP contribution in [0.2, 0.25) is 0 Å². The summed E-state index contributed by atoms with van der Waals surface area (Å²) in [6.07, 6.45) is 9.39. The minimum Gasteiger partial charge on any atom is -0.425 e. The molecule has 0 radical (unpaired) electrons. The van der Waals surface area contributed by atoms with E-state index >= 15 is 13.2 Å². The van der Waals surface area contributed by atoms with Gasteiger partial charge in [-0.1, -0.05) is 114 Å². The third kappa shape index (κ3) is 6.58. The van der Waals surface area contributed by atoms with Crippen molar-refractivity contribution in [2.24, 2.45) is 0 Å². The average molecular weight is 509 g/mol. The molecule has 4 rings (SSSR count). The van der Waals surface area contributed by atoms with E-state index in [1.54, 1.807) is 18.2 Å². The van der Waals surface area contributed by atoms with Crippen molar-refractivity contribution in [1.29, 1.82) is 0 Å². The van der Waals surface area contributed by atoms with Crippen LogP contribution in [0.5, 0.6) is 5.75 Å². The van der Waals surface area contributed by atoms with E-state index in [2.05, 4.69) is 26.0 Å². The summed E-state index contributed by atoms with van der Waals surface area (Å²) in [5, 5.41) is 0. The largest absolute Gasteiger partial charge is 0.427 e. The van der Waals surface area contributed by atoms with Gasteiger partial charge in [0.15, 0.2) is 11.6 Å². The van der Waals surface area contributed by atoms with Crippen LogP contribution in [0.4, 0.5) is 13.2 Å². The molecule has 1 aliphatic heterocycles. The van der Waals surface area contributed by atoms with Gasteiger partial charge in [-0.3, -0.25) is 0 Å². The van der Waals surface area contributed by atoms with Crippen molar-refractivity contribution in [3.63, 3.8) is 0 Å². The van der Waals surface area contributed by atoms with Gasteiger partial charge in [-0.25, -0.2) is 4.39 Å². The lowest BCUT2D eigenvalue weighted by molar-refractivity contribution is -0.188. The Bertz CT molecular complexity index is 1170. The number of halogens is 3. The Hall–Kier alpha value is -2.75. The number of rotatable bonds is 13. The summed E-state index contributed by atoms with van der Waals surface area (Å²) in [5.74, 6) is -0.993. The average Bonchev–Trinajstić information content (AvgIpc) is 2.90. The normalized spacial score (nSPS) is 13.6. The molecule has 198 valence electrons. The zero-order valence-corrected chi connectivity index (χ0v) is 22.2. The fourth-order valence-electron chi connectivity index (χ4n) is 5.20. The lowest BCUT2D eigenvalue weighted by Gasteiger charge is -2.29. The quantitative estimate of drug-likeness (QED) is 0.209. The van der Waals surface area contributed by atoms with E-state index in [0.29, 0.717) is 28.7 Å². The zero-order chi connectivity index (χ0) is 26.3. The van der Waals surface area contributed by atoms with Crippen LogP contribution < -0.4 is 4.74 Å². The third-order valence-electron chi connectivity index (χ3n) is 7.44. The second-order valence-corrected chi connectivity index (χ2v) is 10.3. The lowest BCUT2D eigenvalue weighted by Crippen LogP contribution is -2.27. The molecule has 0 saturated carbocycles. The van der Waals surface area contributed by atoms with Gasteiger partial charge in [0.1, 0.15) is 0 Å². The molecule has 1 aliphatic rings. The van der Waals surface area contributed by atoms with Crippen molar-refractivity contribution in [2.45, 2.75) is 97.0 Å². The summed E-state index contributed by atoms with van der Waals surface area (Å²) in [7, 11) is 0. The van der Waals surface area contributed by atoms with E-state index in [1.807, 2.05) is 18.2 Å². The molecule has 0 aromatic heterocycles. The van der Waals surface area contributed by atoms with Crippen LogP contribution in [0.1, 0.15) is 94.7 Å². The van der Waals surface area contributed by atoms with Crippen LogP contribution in [0.3, 0.4) is 0 Å². The van der Waals surface area contributed by atoms with E-state index in [9.17, 15) is 0 Å². The van der Waals surface area contributed by atoms with Crippen molar-refractivity contribution in [1.82, 2.24) is 0 Å². The summed E-state index contributed by atoms with van der Waals surface area (Å²) in [4.78, 5) is 0. The summed E-state index contributed by atoms with van der Waals surface area (Å²) >= 11 is 0. The molecule has 0 aliphatic carbocycles. The van der Waals surface area contributed by atoms with Gasteiger partial charge in [-0.05, 0) is 59.6 Å². The molecule has 0 spiro atoms. The van der Waals surface area contributed by atoms with Crippen LogP contribution >= 0.6 is 0 Å². The molecule has 4 heteroatoms. The molecular formula is C33H39F3O. The van der Waals surface area contributed by atoms with Crippen molar-refractivity contribution in [2.75, 3.05) is 0 Å². The Morgan fingerprint density at radius 1 is 0.649 bits per heavy atom. The number of alkyl halides is 2. The number of aryl methyl sites for hydroxylation is 2. The number of hydrogen-bond donors (Lipinski definition) is 0. The van der Waals surface area contributed by atoms with Crippen LogP contribution in [0.25, 0.3) is 22.3 Å². The summed E-state index contributed by atoms with van der Waals surface area (Å²) in [6, 6.07) is 16.6. The molecule has 1 nitrogen and oxygen atoms in total. The molecule has 0 atom stereocenters. The molecule has 1 heterocycles. The van der Waals surface area contributed by atoms with Crippen molar-refractivity contribution in [3.05, 3.63) is 77.1 Å². The van der Waals surface area contributed by atoms with Crippen molar-refractivity contribution in [3.8, 4) is 28.0 Å². The number of fused-ring (bicyclic) bond motifs is 3. The molecule has 0 bridgehead atoms. The number of unbranched alkanes of at least 4 members (excludes halogenated alkanes) is 8. The number of ether oxygens (including phenoxy) is 1. The fraction of sp³-hybridized carbons (Fsp3) is 0.455. The minimum atomic E-state index is -3.60. The first-order chi connectivity index (χ1) is 17.9. The van der Waals surface area contributed by atoms with Gasteiger partial charge >= 0.3 is 6.11 Å². The van der Waals surface area contributed by atoms with Gasteiger partial charge in [0.25, 0.3) is 0 Å². The van der Waals surface area contributed by atoms with Gasteiger partial charge in [0, 0.05) is 5.56 Å². The standard InChI is InChI=1S/C33H39F3O/c1-3-5-7-9-11-13-24-15-17-25(18-16-24)27-20-21-28-29-22-19-26(14-12-10-8-6-4-2)31(34)32(29)37-33(35,36)30(28)23-27/h15-23H,3-14H2,1-2H3. The molecule has 37 heavy (non-hydrogen) atoms. The second kappa shape index (κ2) is 12.7. The molecule has 0 amide bonds. The van der Waals surface area contributed by atoms with E-state index in [1.165, 1.54) is 37.3 Å². The highest BCUT2D eigenvalue weighted by atomic mass is 19.3. The predicted molar refractivity (Wildman–Crippen MR) is 147 cm³/mol. The van der Waals surface area contributed by atoms with Crippen LogP contribution in [0, 0.1) is 5.82 Å². The molecule has 3 aromatic carbocycles. The molecule has 0 unspecified atom stereocenters. The van der Waals surface area contributed by atoms with Gasteiger partial charge < -0.3 is 4.74 Å². The summed E-state index contributed by atoms with van der Waals surface area (Å²) in [6.45, 7) is 4.36. The SMILES string of the molecule is CCCCCCCc1ccc(-c2ccc3c(c2)C(F)(F)Oc2c-3ccc(CCCCCCC)c2F)cc1. The summed E-state index contributed by atoms with van der Waals surface area (Å²) < 4.78 is 50.6. The minimum absolute atomic E-state index is 0.218. The Labute approximate surface area is 220 Å². The number of benzene rings is 3. The van der Waals surface area contributed by atoms with Gasteiger partial charge in [0.05, 0.1) is 5.56 Å². The maximum Gasteiger partial charge on any atom is 0.427 e. The number of hydrogen-bond acceptors (Lipinski definition) is 1. The Kier molecular flexibility index (Phi) is 9.34. The van der Waals surface area contributed by atoms with Crippen molar-refractivity contribution < 1.29 is 17.9 Å². The topological polar surface area (TPSA) is 9.23 Å². The highest BCUT2D eigenvalue weighted by Gasteiger charge is 2.43. The van der Waals surface area contributed by atoms with Crippen LogP contribution in [0.15, 0.2) is 54.6 Å². The second-order valence-electron chi connectivity index (χ2n) is 10.3. The van der Waals surface area contributed by atoms with Crippen LogP contribution in [-0.2, 0) is 19.0 Å². The van der Waals surface area contributed by atoms with Gasteiger partial charge in [-0.15, -0.1) is 0 Å². The monoisotopic (exact) mass is 508 g/mol. The first-order valence-electron chi connectivity index (χ1n) is 14.1. The van der Waals surface area contributed by atoms with Crippen molar-refractivity contribution >= 4 is 0 Å². The zero-order valence-electron chi connectivity index (χ0n) is 22.2. The van der Waals surface area contributed by atoms with Gasteiger partial charge in [0.2, 0.25) is 0 Å². The smallest absolute Gasteiger partial charge is 0.425 e.